The monoisotopic (exact) mass is 282 g/mol. The predicted octanol–water partition coefficient (Wildman–Crippen LogP) is 0.470. The van der Waals surface area contributed by atoms with Crippen LogP contribution < -0.4 is 0 Å². The molecule has 0 bridgehead atoms. The van der Waals surface area contributed by atoms with E-state index in [1.54, 1.807) is 0 Å². The minimum atomic E-state index is -1.84. The van der Waals surface area contributed by atoms with Crippen molar-refractivity contribution in [1.29, 1.82) is 0 Å². The summed E-state index contributed by atoms with van der Waals surface area (Å²) >= 11 is 0. The SMILES string of the molecule is O=C(O)CC(OC(=O)c1cccc(C(=O)O)c1)C(=O)O. The Hall–Kier alpha value is -2.90. The van der Waals surface area contributed by atoms with Crippen molar-refractivity contribution in [2.24, 2.45) is 0 Å². The van der Waals surface area contributed by atoms with Gasteiger partial charge in [-0.05, 0) is 18.2 Å². The van der Waals surface area contributed by atoms with Gasteiger partial charge in [0.1, 0.15) is 0 Å². The number of esters is 1. The molecule has 1 aromatic carbocycles. The van der Waals surface area contributed by atoms with Gasteiger partial charge in [0.15, 0.2) is 0 Å². The number of ether oxygens (including phenoxy) is 1. The van der Waals surface area contributed by atoms with Crippen molar-refractivity contribution >= 4 is 23.9 Å². The van der Waals surface area contributed by atoms with E-state index in [1.807, 2.05) is 0 Å². The number of carboxylic acids is 3. The minimum Gasteiger partial charge on any atom is -0.481 e. The van der Waals surface area contributed by atoms with Gasteiger partial charge in [-0.15, -0.1) is 0 Å². The van der Waals surface area contributed by atoms with Gasteiger partial charge in [0.2, 0.25) is 6.10 Å². The number of aliphatic carboxylic acids is 2. The van der Waals surface area contributed by atoms with Crippen molar-refractivity contribution in [2.75, 3.05) is 0 Å². The van der Waals surface area contributed by atoms with E-state index < -0.39 is 36.4 Å². The number of hydrogen-bond donors (Lipinski definition) is 3. The summed E-state index contributed by atoms with van der Waals surface area (Å²) in [5, 5.41) is 26.0. The molecule has 1 atom stereocenters. The standard InChI is InChI=1S/C12H10O8/c13-9(14)5-8(11(17)18)20-12(19)7-3-1-2-6(4-7)10(15)16/h1-4,8H,5H2,(H,13,14)(H,15,16)(H,17,18). The number of hydrogen-bond acceptors (Lipinski definition) is 5. The van der Waals surface area contributed by atoms with Gasteiger partial charge in [-0.3, -0.25) is 4.79 Å². The Balaban J connectivity index is 2.88. The molecule has 106 valence electrons. The first-order chi connectivity index (χ1) is 9.31. The fourth-order valence-electron chi connectivity index (χ4n) is 1.31. The molecule has 0 spiro atoms. The van der Waals surface area contributed by atoms with E-state index in [0.717, 1.165) is 6.07 Å². The molecule has 20 heavy (non-hydrogen) atoms. The van der Waals surface area contributed by atoms with Gasteiger partial charge in [0.05, 0.1) is 17.5 Å². The highest BCUT2D eigenvalue weighted by Gasteiger charge is 2.26. The first-order valence-electron chi connectivity index (χ1n) is 5.30. The van der Waals surface area contributed by atoms with Gasteiger partial charge in [-0.2, -0.15) is 0 Å². The van der Waals surface area contributed by atoms with Crippen LogP contribution in [0, 0.1) is 0 Å². The summed E-state index contributed by atoms with van der Waals surface area (Å²) < 4.78 is 4.53. The van der Waals surface area contributed by atoms with Crippen molar-refractivity contribution in [3.63, 3.8) is 0 Å². The molecule has 8 heteroatoms. The predicted molar refractivity (Wildman–Crippen MR) is 62.5 cm³/mol. The van der Waals surface area contributed by atoms with Gasteiger partial charge in [-0.1, -0.05) is 6.07 Å². The number of carbonyl (C=O) groups excluding carboxylic acids is 1. The van der Waals surface area contributed by atoms with Crippen molar-refractivity contribution < 1.29 is 39.2 Å². The van der Waals surface area contributed by atoms with E-state index in [4.69, 9.17) is 15.3 Å². The average molecular weight is 282 g/mol. The number of carboxylic acid groups (broad SMARTS) is 3. The maximum atomic E-state index is 11.6. The van der Waals surface area contributed by atoms with Gasteiger partial charge in [0.25, 0.3) is 0 Å². The third-order valence-corrected chi connectivity index (χ3v) is 2.23. The molecule has 0 radical (unpaired) electrons. The van der Waals surface area contributed by atoms with E-state index in [1.165, 1.54) is 18.2 Å². The molecular formula is C12H10O8. The molecule has 0 aliphatic rings. The first-order valence-corrected chi connectivity index (χ1v) is 5.30. The van der Waals surface area contributed by atoms with Crippen LogP contribution in [0.5, 0.6) is 0 Å². The summed E-state index contributed by atoms with van der Waals surface area (Å²) in [5.41, 5.74) is -0.355. The van der Waals surface area contributed by atoms with Crippen LogP contribution in [0.1, 0.15) is 27.1 Å². The number of carbonyl (C=O) groups is 4. The van der Waals surface area contributed by atoms with E-state index in [0.29, 0.717) is 0 Å². The van der Waals surface area contributed by atoms with Crippen LogP contribution in [0.4, 0.5) is 0 Å². The van der Waals surface area contributed by atoms with Crippen LogP contribution >= 0.6 is 0 Å². The zero-order valence-electron chi connectivity index (χ0n) is 9.98. The lowest BCUT2D eigenvalue weighted by molar-refractivity contribution is -0.153. The van der Waals surface area contributed by atoms with E-state index in [2.05, 4.69) is 4.74 Å². The second-order valence-electron chi connectivity index (χ2n) is 3.72. The number of benzene rings is 1. The molecule has 0 aliphatic heterocycles. The van der Waals surface area contributed by atoms with Crippen LogP contribution in [0.2, 0.25) is 0 Å². The third kappa shape index (κ3) is 4.09. The summed E-state index contributed by atoms with van der Waals surface area (Å²) in [6, 6.07) is 4.76. The summed E-state index contributed by atoms with van der Waals surface area (Å²) in [6.45, 7) is 0. The van der Waals surface area contributed by atoms with Crippen molar-refractivity contribution in [2.45, 2.75) is 12.5 Å². The van der Waals surface area contributed by atoms with E-state index in [-0.39, 0.29) is 11.1 Å². The maximum absolute atomic E-state index is 11.6. The molecule has 1 unspecified atom stereocenters. The minimum absolute atomic E-state index is 0.176. The quantitative estimate of drug-likeness (QED) is 0.640. The Bertz CT molecular complexity index is 562. The van der Waals surface area contributed by atoms with Crippen LogP contribution in [0.3, 0.4) is 0 Å². The second kappa shape index (κ2) is 6.32. The third-order valence-electron chi connectivity index (χ3n) is 2.23. The van der Waals surface area contributed by atoms with E-state index >= 15 is 0 Å². The van der Waals surface area contributed by atoms with Crippen LogP contribution in [0.25, 0.3) is 0 Å². The Morgan fingerprint density at radius 2 is 1.65 bits per heavy atom. The molecule has 0 saturated heterocycles. The molecule has 1 aromatic rings. The summed E-state index contributed by atoms with van der Waals surface area (Å²) in [7, 11) is 0. The molecule has 3 N–H and O–H groups in total. The molecule has 1 rings (SSSR count). The summed E-state index contributed by atoms with van der Waals surface area (Å²) in [6.07, 6.45) is -2.73. The number of rotatable bonds is 6. The molecule has 8 nitrogen and oxygen atoms in total. The van der Waals surface area contributed by atoms with E-state index in [9.17, 15) is 19.2 Å². The van der Waals surface area contributed by atoms with Gasteiger partial charge < -0.3 is 20.1 Å². The van der Waals surface area contributed by atoms with Crippen molar-refractivity contribution in [3.05, 3.63) is 35.4 Å². The highest BCUT2D eigenvalue weighted by Crippen LogP contribution is 2.10. The molecular weight excluding hydrogens is 272 g/mol. The lowest BCUT2D eigenvalue weighted by Gasteiger charge is -2.11. The molecule has 0 aromatic heterocycles. The molecule has 0 amide bonds. The fourth-order valence-corrected chi connectivity index (χ4v) is 1.31. The Labute approximate surface area is 112 Å². The van der Waals surface area contributed by atoms with Crippen molar-refractivity contribution in [1.82, 2.24) is 0 Å². The van der Waals surface area contributed by atoms with Gasteiger partial charge >= 0.3 is 23.9 Å². The average Bonchev–Trinajstić information content (AvgIpc) is 2.37. The second-order valence-corrected chi connectivity index (χ2v) is 3.72. The molecule has 0 heterocycles. The highest BCUT2D eigenvalue weighted by molar-refractivity contribution is 5.95. The van der Waals surface area contributed by atoms with Crippen molar-refractivity contribution in [3.8, 4) is 0 Å². The molecule has 0 fully saturated rings. The van der Waals surface area contributed by atoms with Crippen LogP contribution in [0.15, 0.2) is 24.3 Å². The van der Waals surface area contributed by atoms with Crippen LogP contribution in [-0.2, 0) is 14.3 Å². The Morgan fingerprint density at radius 1 is 1.05 bits per heavy atom. The normalized spacial score (nSPS) is 11.4. The smallest absolute Gasteiger partial charge is 0.345 e. The van der Waals surface area contributed by atoms with Gasteiger partial charge in [-0.25, -0.2) is 14.4 Å². The lowest BCUT2D eigenvalue weighted by atomic mass is 10.1. The largest absolute Gasteiger partial charge is 0.481 e. The summed E-state index contributed by atoms with van der Waals surface area (Å²) in [4.78, 5) is 43.6. The topological polar surface area (TPSA) is 138 Å². The first kappa shape index (κ1) is 15.2. The maximum Gasteiger partial charge on any atom is 0.345 e. The summed E-state index contributed by atoms with van der Waals surface area (Å²) in [5.74, 6) is -5.42. The molecule has 0 aliphatic carbocycles. The fraction of sp³-hybridized carbons (Fsp3) is 0.167. The van der Waals surface area contributed by atoms with Gasteiger partial charge in [0, 0.05) is 0 Å². The Kier molecular flexibility index (Phi) is 4.79. The lowest BCUT2D eigenvalue weighted by Crippen LogP contribution is -2.29. The Morgan fingerprint density at radius 3 is 2.15 bits per heavy atom. The number of aromatic carboxylic acids is 1. The molecule has 0 saturated carbocycles. The highest BCUT2D eigenvalue weighted by atomic mass is 16.6. The zero-order valence-corrected chi connectivity index (χ0v) is 9.98. The zero-order chi connectivity index (χ0) is 15.3. The van der Waals surface area contributed by atoms with Crippen LogP contribution in [-0.4, -0.2) is 45.3 Å².